The van der Waals surface area contributed by atoms with Crippen molar-refractivity contribution in [2.24, 2.45) is 5.41 Å². The van der Waals surface area contributed by atoms with Crippen molar-refractivity contribution in [1.29, 1.82) is 0 Å². The normalized spacial score (nSPS) is 13.7. The third-order valence-corrected chi connectivity index (χ3v) is 6.80. The first kappa shape index (κ1) is 21.4. The van der Waals surface area contributed by atoms with Crippen LogP contribution in [0.1, 0.15) is 20.8 Å². The number of aromatic nitrogens is 4. The predicted molar refractivity (Wildman–Crippen MR) is 126 cm³/mol. The summed E-state index contributed by atoms with van der Waals surface area (Å²) in [5.41, 5.74) is 7.67. The third-order valence-electron chi connectivity index (χ3n) is 4.49. The summed E-state index contributed by atoms with van der Waals surface area (Å²) >= 11 is 3.88. The van der Waals surface area contributed by atoms with Crippen LogP contribution >= 0.6 is 34.4 Å². The molecule has 1 aliphatic rings. The fourth-order valence-electron chi connectivity index (χ4n) is 3.09. The van der Waals surface area contributed by atoms with Gasteiger partial charge in [-0.2, -0.15) is 0 Å². The lowest BCUT2D eigenvalue weighted by Crippen LogP contribution is -2.29. The zero-order valence-corrected chi connectivity index (χ0v) is 20.2. The molecule has 0 unspecified atom stereocenters. The maximum atomic E-state index is 6.07. The van der Waals surface area contributed by atoms with Crippen LogP contribution in [0.15, 0.2) is 28.5 Å². The SMILES string of the molecule is CC(C)(C)CNCCn1c(Sc2cc3c(cc2[131I])OCCO3)nc2c(N)ncnc21. The van der Waals surface area contributed by atoms with Gasteiger partial charge < -0.3 is 25.1 Å². The molecule has 3 aromatic rings. The average Bonchev–Trinajstić information content (AvgIpc) is 3.04. The maximum Gasteiger partial charge on any atom is 0.175 e. The van der Waals surface area contributed by atoms with Gasteiger partial charge in [0.15, 0.2) is 33.6 Å². The van der Waals surface area contributed by atoms with Crippen LogP contribution in [0, 0.1) is 8.99 Å². The summed E-state index contributed by atoms with van der Waals surface area (Å²) in [6.45, 7) is 10.2. The number of nitrogens with two attached hydrogens (primary N) is 1. The number of halogens is 1. The number of ether oxygens (including phenoxy) is 2. The van der Waals surface area contributed by atoms with Crippen molar-refractivity contribution in [1.82, 2.24) is 24.8 Å². The Balaban J connectivity index is 1.64. The Labute approximate surface area is 193 Å². The van der Waals surface area contributed by atoms with Gasteiger partial charge in [-0.05, 0) is 40.1 Å². The quantitative estimate of drug-likeness (QED) is 0.359. The second-order valence-electron chi connectivity index (χ2n) is 8.24. The van der Waals surface area contributed by atoms with Crippen molar-refractivity contribution in [3.05, 3.63) is 22.0 Å². The van der Waals surface area contributed by atoms with Crippen LogP contribution in [0.5, 0.6) is 11.5 Å². The summed E-state index contributed by atoms with van der Waals surface area (Å²) in [7, 11) is 0. The summed E-state index contributed by atoms with van der Waals surface area (Å²) < 4.78 is 14.6. The minimum absolute atomic E-state index is 0.225. The Bertz CT molecular complexity index is 1070. The van der Waals surface area contributed by atoms with Crippen molar-refractivity contribution < 1.29 is 9.47 Å². The number of imidazole rings is 1. The van der Waals surface area contributed by atoms with E-state index in [4.69, 9.17) is 20.2 Å². The molecule has 8 nitrogen and oxygen atoms in total. The van der Waals surface area contributed by atoms with Crippen LogP contribution in [0.4, 0.5) is 5.82 Å². The smallest absolute Gasteiger partial charge is 0.175 e. The second kappa shape index (κ2) is 8.75. The zero-order valence-electron chi connectivity index (χ0n) is 17.2. The van der Waals surface area contributed by atoms with E-state index in [1.165, 1.54) is 6.33 Å². The van der Waals surface area contributed by atoms with E-state index >= 15 is 0 Å². The fraction of sp³-hybridized carbons (Fsp3) is 0.450. The summed E-state index contributed by atoms with van der Waals surface area (Å²) in [5, 5.41) is 4.34. The van der Waals surface area contributed by atoms with Gasteiger partial charge in [0.2, 0.25) is 0 Å². The molecular weight excluding hydrogens is 519 g/mol. The summed E-state index contributed by atoms with van der Waals surface area (Å²) in [6, 6.07) is 4.01. The van der Waals surface area contributed by atoms with Crippen molar-refractivity contribution >= 4 is 51.3 Å². The first-order chi connectivity index (χ1) is 14.3. The molecule has 30 heavy (non-hydrogen) atoms. The van der Waals surface area contributed by atoms with Crippen LogP contribution in [0.2, 0.25) is 0 Å². The Morgan fingerprint density at radius 2 is 1.93 bits per heavy atom. The van der Waals surface area contributed by atoms with Crippen LogP contribution in [-0.4, -0.2) is 45.8 Å². The summed E-state index contributed by atoms with van der Waals surface area (Å²) in [5.74, 6) is 1.93. The average molecular weight is 544 g/mol. The molecule has 3 N–H and O–H groups in total. The van der Waals surface area contributed by atoms with Gasteiger partial charge in [-0.25, -0.2) is 15.0 Å². The molecule has 0 fully saturated rings. The van der Waals surface area contributed by atoms with Gasteiger partial charge in [0.05, 0.1) is 0 Å². The van der Waals surface area contributed by atoms with Crippen LogP contribution < -0.4 is 20.5 Å². The van der Waals surface area contributed by atoms with E-state index in [2.05, 4.69) is 63.2 Å². The second-order valence-corrected chi connectivity index (χ2v) is 10.4. The van der Waals surface area contributed by atoms with Crippen molar-refractivity contribution in [3.8, 4) is 11.5 Å². The minimum atomic E-state index is 0.225. The van der Waals surface area contributed by atoms with Crippen molar-refractivity contribution in [2.75, 3.05) is 32.0 Å². The first-order valence-electron chi connectivity index (χ1n) is 9.76. The molecule has 1 aliphatic heterocycles. The van der Waals surface area contributed by atoms with Gasteiger partial charge in [-0.15, -0.1) is 0 Å². The lowest BCUT2D eigenvalue weighted by molar-refractivity contribution is 0.171. The lowest BCUT2D eigenvalue weighted by atomic mass is 9.97. The van der Waals surface area contributed by atoms with Gasteiger partial charge in [0.1, 0.15) is 19.5 Å². The molecule has 4 rings (SSSR count). The summed E-state index contributed by atoms with van der Waals surface area (Å²) in [4.78, 5) is 14.4. The van der Waals surface area contributed by atoms with E-state index in [-0.39, 0.29) is 5.41 Å². The van der Waals surface area contributed by atoms with Crippen molar-refractivity contribution in [3.63, 3.8) is 0 Å². The Hall–Kier alpha value is -1.79. The Morgan fingerprint density at radius 3 is 2.67 bits per heavy atom. The van der Waals surface area contributed by atoms with E-state index in [9.17, 15) is 0 Å². The molecule has 0 atom stereocenters. The van der Waals surface area contributed by atoms with Gasteiger partial charge in [-0.3, -0.25) is 0 Å². The number of fused-ring (bicyclic) bond motifs is 2. The largest absolute Gasteiger partial charge is 0.486 e. The van der Waals surface area contributed by atoms with Crippen LogP contribution in [-0.2, 0) is 6.54 Å². The lowest BCUT2D eigenvalue weighted by Gasteiger charge is -2.20. The van der Waals surface area contributed by atoms with E-state index in [1.807, 2.05) is 12.1 Å². The number of benzene rings is 1. The topological polar surface area (TPSA) is 100 Å². The third kappa shape index (κ3) is 4.75. The number of nitrogens with zero attached hydrogens (tertiary/aromatic N) is 4. The molecule has 2 aromatic heterocycles. The highest BCUT2D eigenvalue weighted by Gasteiger charge is 2.20. The fourth-order valence-corrected chi connectivity index (χ4v) is 4.80. The number of anilines is 1. The zero-order chi connectivity index (χ0) is 21.3. The number of rotatable bonds is 6. The predicted octanol–water partition coefficient (Wildman–Crippen LogP) is 3.57. The minimum Gasteiger partial charge on any atom is -0.486 e. The molecule has 0 saturated heterocycles. The number of nitrogens with one attached hydrogen (secondary N) is 1. The Morgan fingerprint density at radius 1 is 1.20 bits per heavy atom. The number of hydrogen-bond acceptors (Lipinski definition) is 8. The monoisotopic (exact) mass is 544 g/mol. The molecule has 3 heterocycles. The molecular formula is C20H25IN6O2S. The van der Waals surface area contributed by atoms with Crippen LogP contribution in [0.3, 0.4) is 0 Å². The molecule has 0 spiro atoms. The van der Waals surface area contributed by atoms with Gasteiger partial charge >= 0.3 is 0 Å². The van der Waals surface area contributed by atoms with E-state index in [0.717, 1.165) is 50.4 Å². The molecule has 10 heteroatoms. The first-order valence-corrected chi connectivity index (χ1v) is 11.7. The molecule has 0 saturated carbocycles. The van der Waals surface area contributed by atoms with E-state index in [0.29, 0.717) is 24.5 Å². The molecule has 0 amide bonds. The van der Waals surface area contributed by atoms with Crippen LogP contribution in [0.25, 0.3) is 11.2 Å². The molecule has 0 radical (unpaired) electrons. The van der Waals surface area contributed by atoms with Gasteiger partial charge in [0.25, 0.3) is 0 Å². The van der Waals surface area contributed by atoms with E-state index < -0.39 is 0 Å². The molecule has 1 aromatic carbocycles. The maximum absolute atomic E-state index is 6.07. The Kier molecular flexibility index (Phi) is 6.26. The standard InChI is InChI=1S/C20H25IN6O2S/c1-20(2,3)10-23-4-5-27-18-16(17(22)24-11-25-18)26-19(27)30-15-9-14-13(8-12(15)21)28-6-7-29-14/h8-9,11,23H,4-7,10H2,1-3H3,(H2,22,24,25)/i21+4. The molecule has 0 bridgehead atoms. The number of hydrogen-bond donors (Lipinski definition) is 2. The highest BCUT2D eigenvalue weighted by molar-refractivity contribution is 14.1. The highest BCUT2D eigenvalue weighted by atomic mass is 131. The molecule has 0 aliphatic carbocycles. The van der Waals surface area contributed by atoms with Gasteiger partial charge in [0, 0.05) is 28.1 Å². The van der Waals surface area contributed by atoms with Crippen molar-refractivity contribution in [2.45, 2.75) is 37.4 Å². The van der Waals surface area contributed by atoms with Gasteiger partial charge in [-0.1, -0.05) is 32.5 Å². The summed E-state index contributed by atoms with van der Waals surface area (Å²) in [6.07, 6.45) is 1.49. The molecule has 160 valence electrons. The number of nitrogen functional groups attached to an aromatic ring is 1. The van der Waals surface area contributed by atoms with E-state index in [1.54, 1.807) is 11.8 Å². The highest BCUT2D eigenvalue weighted by Crippen LogP contribution is 2.40.